The van der Waals surface area contributed by atoms with Crippen LogP contribution in [0.15, 0.2) is 10.2 Å². The molecule has 0 rings (SSSR count). The quantitative estimate of drug-likeness (QED) is 0.516. The van der Waals surface area contributed by atoms with Gasteiger partial charge in [0.15, 0.2) is 0 Å². The smallest absolute Gasteiger partial charge is 0.307 e. The second-order valence-corrected chi connectivity index (χ2v) is 3.51. The van der Waals surface area contributed by atoms with Crippen molar-refractivity contribution < 1.29 is 19.1 Å². The fourth-order valence-electron chi connectivity index (χ4n) is 0.773. The van der Waals surface area contributed by atoms with Crippen LogP contribution in [0.1, 0.15) is 40.5 Å². The highest BCUT2D eigenvalue weighted by molar-refractivity contribution is 5.69. The average molecular weight is 230 g/mol. The van der Waals surface area contributed by atoms with E-state index in [-0.39, 0.29) is 25.1 Å². The van der Waals surface area contributed by atoms with Crippen LogP contribution in [0.4, 0.5) is 0 Å². The van der Waals surface area contributed by atoms with Crippen LogP contribution < -0.4 is 0 Å². The summed E-state index contributed by atoms with van der Waals surface area (Å²) in [6.45, 7) is 6.43. The Balaban J connectivity index is 4.00. The van der Waals surface area contributed by atoms with Crippen molar-refractivity contribution in [3.8, 4) is 0 Å². The molecule has 16 heavy (non-hydrogen) atoms. The number of rotatable bonds is 6. The van der Waals surface area contributed by atoms with Gasteiger partial charge in [-0.1, -0.05) is 13.8 Å². The molecule has 0 saturated heterocycles. The predicted octanol–water partition coefficient (Wildman–Crippen LogP) is 2.04. The number of ether oxygens (including phenoxy) is 2. The van der Waals surface area contributed by atoms with Crippen LogP contribution in [-0.4, -0.2) is 24.4 Å². The molecule has 0 saturated carbocycles. The number of nitrogens with zero attached hydrogens (tertiary/aromatic N) is 2. The van der Waals surface area contributed by atoms with E-state index in [1.54, 1.807) is 27.7 Å². The Hall–Kier alpha value is -1.46. The maximum absolute atomic E-state index is 11.0. The van der Waals surface area contributed by atoms with Gasteiger partial charge >= 0.3 is 11.9 Å². The lowest BCUT2D eigenvalue weighted by atomic mass is 10.3. The Labute approximate surface area is 95.0 Å². The fourth-order valence-corrected chi connectivity index (χ4v) is 0.773. The first-order valence-electron chi connectivity index (χ1n) is 5.17. The second-order valence-electron chi connectivity index (χ2n) is 3.51. The Bertz CT molecular complexity index is 274. The summed E-state index contributed by atoms with van der Waals surface area (Å²) in [5.41, 5.74) is -1.02. The molecule has 0 aliphatic heterocycles. The summed E-state index contributed by atoms with van der Waals surface area (Å²) in [6.07, 6.45) is 0.577. The lowest BCUT2D eigenvalue weighted by Gasteiger charge is -2.18. The molecule has 0 radical (unpaired) electrons. The van der Waals surface area contributed by atoms with Gasteiger partial charge in [-0.15, -0.1) is 10.2 Å². The SMILES string of the molecule is CCC(=O)OC/N=N/C(C)(C)OC(=O)CC. The van der Waals surface area contributed by atoms with Gasteiger partial charge in [0.05, 0.1) is 0 Å². The van der Waals surface area contributed by atoms with Crippen LogP contribution in [0.5, 0.6) is 0 Å². The maximum Gasteiger partial charge on any atom is 0.307 e. The van der Waals surface area contributed by atoms with Crippen LogP contribution in [0.3, 0.4) is 0 Å². The topological polar surface area (TPSA) is 77.3 Å². The molecule has 0 bridgehead atoms. The molecule has 0 heterocycles. The zero-order valence-electron chi connectivity index (χ0n) is 10.1. The first-order valence-corrected chi connectivity index (χ1v) is 5.17. The van der Waals surface area contributed by atoms with Crippen LogP contribution >= 0.6 is 0 Å². The van der Waals surface area contributed by atoms with E-state index < -0.39 is 5.72 Å². The van der Waals surface area contributed by atoms with Crippen molar-refractivity contribution in [2.24, 2.45) is 10.2 Å². The zero-order valence-corrected chi connectivity index (χ0v) is 10.1. The molecular weight excluding hydrogens is 212 g/mol. The third-order valence-electron chi connectivity index (χ3n) is 1.54. The molecule has 92 valence electrons. The Kier molecular flexibility index (Phi) is 6.29. The minimum Gasteiger partial charge on any atom is -0.441 e. The van der Waals surface area contributed by atoms with Gasteiger partial charge in [0.25, 0.3) is 0 Å². The Morgan fingerprint density at radius 2 is 1.69 bits per heavy atom. The number of hydrogen-bond acceptors (Lipinski definition) is 6. The standard InChI is InChI=1S/C10H18N2O4/c1-5-8(13)15-7-11-12-10(3,4)16-9(14)6-2/h5-7H2,1-4H3/b12-11+. The van der Waals surface area contributed by atoms with Gasteiger partial charge < -0.3 is 9.47 Å². The molecule has 6 heteroatoms. The highest BCUT2D eigenvalue weighted by atomic mass is 16.6. The molecule has 0 aliphatic rings. The molecule has 0 aromatic rings. The average Bonchev–Trinajstić information content (AvgIpc) is 2.23. The maximum atomic E-state index is 11.0. The van der Waals surface area contributed by atoms with Gasteiger partial charge in [-0.3, -0.25) is 9.59 Å². The molecule has 0 amide bonds. The van der Waals surface area contributed by atoms with Crippen molar-refractivity contribution in [1.29, 1.82) is 0 Å². The monoisotopic (exact) mass is 230 g/mol. The van der Waals surface area contributed by atoms with Crippen LogP contribution in [0.25, 0.3) is 0 Å². The molecule has 6 nitrogen and oxygen atoms in total. The van der Waals surface area contributed by atoms with Crippen LogP contribution in [0, 0.1) is 0 Å². The van der Waals surface area contributed by atoms with E-state index in [0.717, 1.165) is 0 Å². The summed E-state index contributed by atoms with van der Waals surface area (Å²) in [4.78, 5) is 21.8. The minimum atomic E-state index is -1.02. The van der Waals surface area contributed by atoms with Gasteiger partial charge in [-0.05, 0) is 13.8 Å². The summed E-state index contributed by atoms with van der Waals surface area (Å²) >= 11 is 0. The normalized spacial score (nSPS) is 11.5. The number of azo groups is 1. The van der Waals surface area contributed by atoms with E-state index in [0.29, 0.717) is 6.42 Å². The second kappa shape index (κ2) is 6.92. The van der Waals surface area contributed by atoms with E-state index >= 15 is 0 Å². The highest BCUT2D eigenvalue weighted by Gasteiger charge is 2.20. The van der Waals surface area contributed by atoms with Gasteiger partial charge in [-0.2, -0.15) is 0 Å². The highest BCUT2D eigenvalue weighted by Crippen LogP contribution is 2.12. The van der Waals surface area contributed by atoms with E-state index in [9.17, 15) is 9.59 Å². The van der Waals surface area contributed by atoms with Gasteiger partial charge in [0.1, 0.15) is 0 Å². The summed E-state index contributed by atoms with van der Waals surface area (Å²) in [7, 11) is 0. The first-order chi connectivity index (χ1) is 7.41. The van der Waals surface area contributed by atoms with Crippen molar-refractivity contribution in [3.63, 3.8) is 0 Å². The summed E-state index contributed by atoms with van der Waals surface area (Å²) < 4.78 is 9.66. The van der Waals surface area contributed by atoms with Crippen molar-refractivity contribution in [2.75, 3.05) is 6.73 Å². The van der Waals surface area contributed by atoms with E-state index in [1.165, 1.54) is 0 Å². The van der Waals surface area contributed by atoms with E-state index in [1.807, 2.05) is 0 Å². The Morgan fingerprint density at radius 3 is 2.19 bits per heavy atom. The lowest BCUT2D eigenvalue weighted by molar-refractivity contribution is -0.156. The Morgan fingerprint density at radius 1 is 1.12 bits per heavy atom. The van der Waals surface area contributed by atoms with Crippen molar-refractivity contribution in [3.05, 3.63) is 0 Å². The van der Waals surface area contributed by atoms with Gasteiger partial charge in [-0.25, -0.2) is 0 Å². The molecule has 0 unspecified atom stereocenters. The molecule has 0 spiro atoms. The summed E-state index contributed by atoms with van der Waals surface area (Å²) in [5, 5.41) is 7.38. The minimum absolute atomic E-state index is 0.153. The van der Waals surface area contributed by atoms with Gasteiger partial charge in [0.2, 0.25) is 12.5 Å². The lowest BCUT2D eigenvalue weighted by Crippen LogP contribution is -2.25. The summed E-state index contributed by atoms with van der Waals surface area (Å²) in [5.74, 6) is -0.697. The third kappa shape index (κ3) is 6.92. The van der Waals surface area contributed by atoms with Crippen molar-refractivity contribution in [1.82, 2.24) is 0 Å². The molecule has 0 aliphatic carbocycles. The number of esters is 2. The molecule has 0 N–H and O–H groups in total. The van der Waals surface area contributed by atoms with Crippen molar-refractivity contribution >= 4 is 11.9 Å². The molecule has 0 atom stereocenters. The molecule has 0 aromatic heterocycles. The fraction of sp³-hybridized carbons (Fsp3) is 0.800. The zero-order chi connectivity index (χ0) is 12.6. The largest absolute Gasteiger partial charge is 0.441 e. The number of carbonyl (C=O) groups is 2. The third-order valence-corrected chi connectivity index (χ3v) is 1.54. The van der Waals surface area contributed by atoms with Crippen molar-refractivity contribution in [2.45, 2.75) is 46.3 Å². The number of hydrogen-bond donors (Lipinski definition) is 0. The van der Waals surface area contributed by atoms with E-state index in [4.69, 9.17) is 4.74 Å². The van der Waals surface area contributed by atoms with Gasteiger partial charge in [0, 0.05) is 12.8 Å². The predicted molar refractivity (Wildman–Crippen MR) is 56.6 cm³/mol. The number of carbonyl (C=O) groups excluding carboxylic acids is 2. The summed E-state index contributed by atoms with van der Waals surface area (Å²) in [6, 6.07) is 0. The van der Waals surface area contributed by atoms with Crippen LogP contribution in [-0.2, 0) is 19.1 Å². The van der Waals surface area contributed by atoms with E-state index in [2.05, 4.69) is 15.0 Å². The van der Waals surface area contributed by atoms with Crippen LogP contribution in [0.2, 0.25) is 0 Å². The molecular formula is C10H18N2O4. The molecule has 0 fully saturated rings. The first kappa shape index (κ1) is 14.5. The molecule has 0 aromatic carbocycles.